The Morgan fingerprint density at radius 1 is 1.28 bits per heavy atom. The highest BCUT2D eigenvalue weighted by Crippen LogP contribution is 2.38. The Labute approximate surface area is 192 Å². The Morgan fingerprint density at radius 2 is 2.09 bits per heavy atom. The summed E-state index contributed by atoms with van der Waals surface area (Å²) in [4.78, 5) is 32.4. The number of H-pyrrole nitrogens is 1. The summed E-state index contributed by atoms with van der Waals surface area (Å²) < 4.78 is 10.8. The number of carbonyl (C=O) groups is 1. The standard InChI is InChI=1S/C21H21N5O4S2/c1-29-15-6-5-12(8-16(15)30-2)14-9-13(17-4-3-7-31-17)25-26(14)20(28)11-32-21-23-18(22)10-19(27)24-21/h3-8,10,14H,9,11H2,1-2H3,(H3,22,23,24,27). The number of benzene rings is 1. The first-order valence-corrected chi connectivity index (χ1v) is 11.5. The highest BCUT2D eigenvalue weighted by molar-refractivity contribution is 7.99. The van der Waals surface area contributed by atoms with Gasteiger partial charge in [0.1, 0.15) is 5.82 Å². The number of aromatic nitrogens is 2. The first-order valence-electron chi connectivity index (χ1n) is 9.63. The Hall–Kier alpha value is -3.31. The fraction of sp³-hybridized carbons (Fsp3) is 0.238. The number of hydrazone groups is 1. The highest BCUT2D eigenvalue weighted by Gasteiger charge is 2.34. The lowest BCUT2D eigenvalue weighted by Crippen LogP contribution is -2.28. The first-order chi connectivity index (χ1) is 15.5. The van der Waals surface area contributed by atoms with Crippen molar-refractivity contribution in [2.45, 2.75) is 17.6 Å². The predicted octanol–water partition coefficient (Wildman–Crippen LogP) is 2.90. The highest BCUT2D eigenvalue weighted by atomic mass is 32.2. The zero-order chi connectivity index (χ0) is 22.7. The minimum Gasteiger partial charge on any atom is -0.493 e. The minimum absolute atomic E-state index is 0.0391. The molecule has 0 radical (unpaired) electrons. The van der Waals surface area contributed by atoms with Crippen molar-refractivity contribution in [1.29, 1.82) is 0 Å². The molecule has 0 saturated heterocycles. The van der Waals surface area contributed by atoms with Crippen LogP contribution in [0.15, 0.2) is 56.8 Å². The van der Waals surface area contributed by atoms with E-state index in [-0.39, 0.29) is 34.2 Å². The maximum atomic E-state index is 13.2. The molecule has 1 atom stereocenters. The van der Waals surface area contributed by atoms with Gasteiger partial charge in [-0.2, -0.15) is 5.10 Å². The molecule has 9 nitrogen and oxygen atoms in total. The molecular formula is C21H21N5O4S2. The SMILES string of the molecule is COc1ccc(C2CC(c3cccs3)=NN2C(=O)CSc2nc(N)cc(=O)[nH]2)cc1OC. The molecule has 3 aromatic rings. The van der Waals surface area contributed by atoms with E-state index in [2.05, 4.69) is 15.1 Å². The van der Waals surface area contributed by atoms with Crippen LogP contribution in [-0.4, -0.2) is 46.6 Å². The molecule has 0 bridgehead atoms. The number of thioether (sulfide) groups is 1. The molecule has 1 aliphatic rings. The van der Waals surface area contributed by atoms with Crippen LogP contribution in [0.4, 0.5) is 5.82 Å². The quantitative estimate of drug-likeness (QED) is 0.401. The summed E-state index contributed by atoms with van der Waals surface area (Å²) in [5, 5.41) is 8.40. The number of anilines is 1. The van der Waals surface area contributed by atoms with Crippen LogP contribution in [0.3, 0.4) is 0 Å². The fourth-order valence-corrected chi connectivity index (χ4v) is 4.83. The third-order valence-electron chi connectivity index (χ3n) is 4.84. The van der Waals surface area contributed by atoms with E-state index < -0.39 is 0 Å². The first kappa shape index (κ1) is 21.9. The van der Waals surface area contributed by atoms with Gasteiger partial charge in [0.2, 0.25) is 0 Å². The average Bonchev–Trinajstić information content (AvgIpc) is 3.46. The van der Waals surface area contributed by atoms with E-state index >= 15 is 0 Å². The zero-order valence-corrected chi connectivity index (χ0v) is 19.0. The topological polar surface area (TPSA) is 123 Å². The Bertz CT molecular complexity index is 1210. The molecule has 4 rings (SSSR count). The van der Waals surface area contributed by atoms with Gasteiger partial charge in [0, 0.05) is 12.5 Å². The van der Waals surface area contributed by atoms with Gasteiger partial charge in [-0.15, -0.1) is 11.3 Å². The third kappa shape index (κ3) is 4.63. The van der Waals surface area contributed by atoms with Crippen molar-refractivity contribution in [2.24, 2.45) is 5.10 Å². The van der Waals surface area contributed by atoms with Crippen molar-refractivity contribution < 1.29 is 14.3 Å². The van der Waals surface area contributed by atoms with Gasteiger partial charge in [0.05, 0.1) is 36.6 Å². The Kier molecular flexibility index (Phi) is 6.47. The summed E-state index contributed by atoms with van der Waals surface area (Å²) in [6.07, 6.45) is 0.569. The minimum atomic E-state index is -0.366. The number of hydrogen-bond donors (Lipinski definition) is 2. The van der Waals surface area contributed by atoms with Gasteiger partial charge in [-0.1, -0.05) is 23.9 Å². The zero-order valence-electron chi connectivity index (χ0n) is 17.4. The summed E-state index contributed by atoms with van der Waals surface area (Å²) >= 11 is 2.68. The van der Waals surface area contributed by atoms with Crippen LogP contribution < -0.4 is 20.8 Å². The van der Waals surface area contributed by atoms with Crippen LogP contribution in [0, 0.1) is 0 Å². The van der Waals surface area contributed by atoms with Gasteiger partial charge in [0.15, 0.2) is 16.7 Å². The van der Waals surface area contributed by atoms with E-state index in [4.69, 9.17) is 15.2 Å². The number of rotatable bonds is 7. The molecule has 0 fully saturated rings. The molecule has 3 heterocycles. The number of methoxy groups -OCH3 is 2. The van der Waals surface area contributed by atoms with Crippen LogP contribution in [0.25, 0.3) is 0 Å². The smallest absolute Gasteiger partial charge is 0.253 e. The number of carbonyl (C=O) groups excluding carboxylic acids is 1. The van der Waals surface area contributed by atoms with Crippen molar-refractivity contribution in [3.63, 3.8) is 0 Å². The maximum Gasteiger partial charge on any atom is 0.253 e. The van der Waals surface area contributed by atoms with E-state index in [1.165, 1.54) is 11.1 Å². The Morgan fingerprint density at radius 3 is 2.78 bits per heavy atom. The van der Waals surface area contributed by atoms with Gasteiger partial charge < -0.3 is 20.2 Å². The third-order valence-corrected chi connectivity index (χ3v) is 6.61. The van der Waals surface area contributed by atoms with Crippen LogP contribution in [0.1, 0.15) is 22.9 Å². The molecular weight excluding hydrogens is 450 g/mol. The number of nitrogens with one attached hydrogen (secondary N) is 1. The molecule has 11 heteroatoms. The van der Waals surface area contributed by atoms with Gasteiger partial charge in [-0.3, -0.25) is 9.59 Å². The van der Waals surface area contributed by atoms with Crippen LogP contribution >= 0.6 is 23.1 Å². The van der Waals surface area contributed by atoms with Gasteiger partial charge in [-0.05, 0) is 29.1 Å². The summed E-state index contributed by atoms with van der Waals surface area (Å²) in [7, 11) is 3.15. The van der Waals surface area contributed by atoms with Crippen molar-refractivity contribution in [3.8, 4) is 11.5 Å². The second kappa shape index (κ2) is 9.45. The number of nitrogens with two attached hydrogens (primary N) is 1. The van der Waals surface area contributed by atoms with E-state index in [0.717, 1.165) is 27.9 Å². The van der Waals surface area contributed by atoms with E-state index in [0.29, 0.717) is 17.9 Å². The molecule has 0 spiro atoms. The number of hydrogen-bond acceptors (Lipinski definition) is 9. The molecule has 1 aliphatic heterocycles. The molecule has 2 aromatic heterocycles. The monoisotopic (exact) mass is 471 g/mol. The largest absolute Gasteiger partial charge is 0.493 e. The lowest BCUT2D eigenvalue weighted by molar-refractivity contribution is -0.130. The van der Waals surface area contributed by atoms with Crippen LogP contribution in [0.2, 0.25) is 0 Å². The fourth-order valence-electron chi connectivity index (χ4n) is 3.37. The van der Waals surface area contributed by atoms with Crippen molar-refractivity contribution in [3.05, 3.63) is 62.6 Å². The molecule has 1 aromatic carbocycles. The second-order valence-corrected chi connectivity index (χ2v) is 8.77. The summed E-state index contributed by atoms with van der Waals surface area (Å²) in [6.45, 7) is 0. The number of ether oxygens (including phenoxy) is 2. The molecule has 166 valence electrons. The summed E-state index contributed by atoms with van der Waals surface area (Å²) in [5.74, 6) is 1.12. The second-order valence-electron chi connectivity index (χ2n) is 6.86. The maximum absolute atomic E-state index is 13.2. The lowest BCUT2D eigenvalue weighted by Gasteiger charge is -2.22. The lowest BCUT2D eigenvalue weighted by atomic mass is 10.0. The van der Waals surface area contributed by atoms with Crippen LogP contribution in [-0.2, 0) is 4.79 Å². The molecule has 1 unspecified atom stereocenters. The van der Waals surface area contributed by atoms with Gasteiger partial charge in [-0.25, -0.2) is 9.99 Å². The number of aromatic amines is 1. The van der Waals surface area contributed by atoms with Crippen molar-refractivity contribution in [2.75, 3.05) is 25.7 Å². The summed E-state index contributed by atoms with van der Waals surface area (Å²) in [5.41, 5.74) is 6.98. The average molecular weight is 472 g/mol. The molecule has 3 N–H and O–H groups in total. The van der Waals surface area contributed by atoms with E-state index in [1.54, 1.807) is 25.6 Å². The summed E-state index contributed by atoms with van der Waals surface area (Å²) in [6, 6.07) is 10.4. The number of thiophene rings is 1. The van der Waals surface area contributed by atoms with E-state index in [1.807, 2.05) is 35.7 Å². The molecule has 32 heavy (non-hydrogen) atoms. The van der Waals surface area contributed by atoms with Crippen molar-refractivity contribution >= 4 is 40.5 Å². The number of nitrogens with zero attached hydrogens (tertiary/aromatic N) is 3. The molecule has 0 saturated carbocycles. The molecule has 1 amide bonds. The number of nitrogen functional groups attached to an aromatic ring is 1. The Balaban J connectivity index is 1.60. The molecule has 0 aliphatic carbocycles. The van der Waals surface area contributed by atoms with Gasteiger partial charge >= 0.3 is 0 Å². The van der Waals surface area contributed by atoms with E-state index in [9.17, 15) is 9.59 Å². The normalized spacial score (nSPS) is 15.5. The predicted molar refractivity (Wildman–Crippen MR) is 125 cm³/mol. The van der Waals surface area contributed by atoms with Crippen LogP contribution in [0.5, 0.6) is 11.5 Å². The van der Waals surface area contributed by atoms with Crippen molar-refractivity contribution in [1.82, 2.24) is 15.0 Å². The number of amides is 1. The van der Waals surface area contributed by atoms with Gasteiger partial charge in [0.25, 0.3) is 11.5 Å².